The second kappa shape index (κ2) is 9.47. The summed E-state index contributed by atoms with van der Waals surface area (Å²) in [5.41, 5.74) is -0.458. The molecule has 1 heterocycles. The Bertz CT molecular complexity index is 649. The van der Waals surface area contributed by atoms with Gasteiger partial charge in [-0.05, 0) is 52.9 Å². The van der Waals surface area contributed by atoms with Gasteiger partial charge >= 0.3 is 12.1 Å². The average molecular weight is 407 g/mol. The summed E-state index contributed by atoms with van der Waals surface area (Å²) in [6.07, 6.45) is 4.29. The van der Waals surface area contributed by atoms with Gasteiger partial charge in [-0.1, -0.05) is 13.3 Å². The van der Waals surface area contributed by atoms with Crippen molar-refractivity contribution in [2.45, 2.75) is 84.3 Å². The first kappa shape index (κ1) is 23.0. The number of unbranched alkanes of at least 4 members (excludes halogenated alkanes) is 1. The first-order chi connectivity index (χ1) is 13.6. The van der Waals surface area contributed by atoms with Crippen LogP contribution in [0.2, 0.25) is 0 Å². The number of rotatable bonds is 5. The molecule has 8 nitrogen and oxygen atoms in total. The number of urea groups is 1. The van der Waals surface area contributed by atoms with Crippen LogP contribution in [0.1, 0.15) is 72.6 Å². The highest BCUT2D eigenvalue weighted by Crippen LogP contribution is 2.45. The number of carbonyl (C=O) groups excluding carboxylic acids is 3. The standard InChI is InChI=1S/C21H34N4O4/c1-5-6-13-23-18(27)25(17(26)9-12-22)16-7-10-21(11-8-16)14-24(15-21)19(28)29-20(2,3)4/h16H,5-11,13-15H2,1-4H3,(H,23,27). The minimum Gasteiger partial charge on any atom is -0.444 e. The van der Waals surface area contributed by atoms with E-state index >= 15 is 0 Å². The molecule has 2 fully saturated rings. The van der Waals surface area contributed by atoms with Gasteiger partial charge in [0.25, 0.3) is 0 Å². The SMILES string of the molecule is CCCCNC(=O)N(C(=O)CC#N)C1CCC2(CC1)CN(C(=O)OC(C)(C)C)C2. The Labute approximate surface area is 173 Å². The molecule has 0 bridgehead atoms. The Balaban J connectivity index is 1.91. The van der Waals surface area contributed by atoms with Crippen molar-refractivity contribution in [2.75, 3.05) is 19.6 Å². The van der Waals surface area contributed by atoms with Crippen LogP contribution in [0.15, 0.2) is 0 Å². The van der Waals surface area contributed by atoms with Crippen molar-refractivity contribution in [3.63, 3.8) is 0 Å². The summed E-state index contributed by atoms with van der Waals surface area (Å²) in [4.78, 5) is 40.1. The van der Waals surface area contributed by atoms with Gasteiger partial charge in [-0.3, -0.25) is 9.69 Å². The van der Waals surface area contributed by atoms with Crippen molar-refractivity contribution >= 4 is 18.0 Å². The number of amides is 4. The van der Waals surface area contributed by atoms with Crippen LogP contribution in [0.25, 0.3) is 0 Å². The van der Waals surface area contributed by atoms with Crippen LogP contribution >= 0.6 is 0 Å². The largest absolute Gasteiger partial charge is 0.444 e. The van der Waals surface area contributed by atoms with Crippen LogP contribution in [0.3, 0.4) is 0 Å². The van der Waals surface area contributed by atoms with Gasteiger partial charge in [-0.15, -0.1) is 0 Å². The van der Waals surface area contributed by atoms with Crippen LogP contribution in [-0.4, -0.2) is 59.1 Å². The molecule has 2 rings (SSSR count). The smallest absolute Gasteiger partial charge is 0.410 e. The lowest BCUT2D eigenvalue weighted by atomic mass is 9.67. The van der Waals surface area contributed by atoms with E-state index in [0.717, 1.165) is 25.7 Å². The molecule has 1 saturated heterocycles. The third-order valence-electron chi connectivity index (χ3n) is 5.61. The fourth-order valence-electron chi connectivity index (χ4n) is 4.10. The Morgan fingerprint density at radius 2 is 1.86 bits per heavy atom. The molecule has 1 aliphatic heterocycles. The van der Waals surface area contributed by atoms with Gasteiger partial charge in [0.1, 0.15) is 12.0 Å². The van der Waals surface area contributed by atoms with E-state index in [4.69, 9.17) is 10.00 Å². The Morgan fingerprint density at radius 3 is 2.38 bits per heavy atom. The van der Waals surface area contributed by atoms with E-state index < -0.39 is 17.5 Å². The van der Waals surface area contributed by atoms with Crippen molar-refractivity contribution in [2.24, 2.45) is 5.41 Å². The molecular weight excluding hydrogens is 372 g/mol. The number of ether oxygens (including phenoxy) is 1. The Hall–Kier alpha value is -2.30. The van der Waals surface area contributed by atoms with Crippen LogP contribution in [0, 0.1) is 16.7 Å². The zero-order valence-electron chi connectivity index (χ0n) is 18.1. The zero-order valence-corrected chi connectivity index (χ0v) is 18.1. The first-order valence-electron chi connectivity index (χ1n) is 10.6. The number of nitrogens with one attached hydrogen (secondary N) is 1. The molecule has 1 spiro atoms. The molecule has 1 aliphatic carbocycles. The molecule has 0 aromatic heterocycles. The topological polar surface area (TPSA) is 103 Å². The number of hydrogen-bond acceptors (Lipinski definition) is 5. The quantitative estimate of drug-likeness (QED) is 0.705. The molecule has 29 heavy (non-hydrogen) atoms. The van der Waals surface area contributed by atoms with Crippen LogP contribution < -0.4 is 5.32 Å². The van der Waals surface area contributed by atoms with E-state index in [1.807, 2.05) is 33.8 Å². The van der Waals surface area contributed by atoms with Gasteiger partial charge in [-0.25, -0.2) is 9.59 Å². The van der Waals surface area contributed by atoms with E-state index in [-0.39, 0.29) is 24.0 Å². The maximum Gasteiger partial charge on any atom is 0.410 e. The predicted octanol–water partition coefficient (Wildman–Crippen LogP) is 3.42. The fraction of sp³-hybridized carbons (Fsp3) is 0.810. The number of nitrogens with zero attached hydrogens (tertiary/aromatic N) is 3. The molecule has 1 N–H and O–H groups in total. The molecule has 8 heteroatoms. The summed E-state index contributed by atoms with van der Waals surface area (Å²) in [5.74, 6) is -0.438. The monoisotopic (exact) mass is 406 g/mol. The molecule has 0 aromatic carbocycles. The minimum atomic E-state index is -0.510. The van der Waals surface area contributed by atoms with Crippen molar-refractivity contribution in [1.29, 1.82) is 5.26 Å². The number of nitriles is 1. The third kappa shape index (κ3) is 6.09. The summed E-state index contributed by atoms with van der Waals surface area (Å²) >= 11 is 0. The Morgan fingerprint density at radius 1 is 1.24 bits per heavy atom. The molecule has 2 aliphatic rings. The minimum absolute atomic E-state index is 0.0516. The number of hydrogen-bond donors (Lipinski definition) is 1. The van der Waals surface area contributed by atoms with Crippen molar-refractivity contribution in [3.05, 3.63) is 0 Å². The van der Waals surface area contributed by atoms with Gasteiger partial charge in [0.15, 0.2) is 0 Å². The molecule has 162 valence electrons. The zero-order chi connectivity index (χ0) is 21.7. The van der Waals surface area contributed by atoms with E-state index in [0.29, 0.717) is 32.5 Å². The van der Waals surface area contributed by atoms with Gasteiger partial charge in [0, 0.05) is 31.1 Å². The van der Waals surface area contributed by atoms with Gasteiger partial charge in [0.2, 0.25) is 5.91 Å². The van der Waals surface area contributed by atoms with Crippen LogP contribution in [0.4, 0.5) is 9.59 Å². The number of carbonyl (C=O) groups is 3. The normalized spacial score (nSPS) is 18.5. The maximum absolute atomic E-state index is 12.6. The predicted molar refractivity (Wildman–Crippen MR) is 108 cm³/mol. The van der Waals surface area contributed by atoms with E-state index in [2.05, 4.69) is 5.32 Å². The van der Waals surface area contributed by atoms with Gasteiger partial charge in [0.05, 0.1) is 6.07 Å². The van der Waals surface area contributed by atoms with Gasteiger partial charge < -0.3 is 15.0 Å². The lowest BCUT2D eigenvalue weighted by Crippen LogP contribution is -2.62. The van der Waals surface area contributed by atoms with Crippen molar-refractivity contribution in [3.8, 4) is 6.07 Å². The summed E-state index contributed by atoms with van der Waals surface area (Å²) in [6, 6.07) is 1.26. The number of imide groups is 1. The molecule has 0 atom stereocenters. The van der Waals surface area contributed by atoms with E-state index in [9.17, 15) is 14.4 Å². The summed E-state index contributed by atoms with van der Waals surface area (Å²) in [7, 11) is 0. The lowest BCUT2D eigenvalue weighted by molar-refractivity contribution is -0.130. The summed E-state index contributed by atoms with van der Waals surface area (Å²) in [5, 5.41) is 11.7. The molecular formula is C21H34N4O4. The second-order valence-corrected chi connectivity index (χ2v) is 9.25. The highest BCUT2D eigenvalue weighted by molar-refractivity contribution is 5.95. The lowest BCUT2D eigenvalue weighted by Gasteiger charge is -2.53. The average Bonchev–Trinajstić information content (AvgIpc) is 2.59. The molecule has 0 aromatic rings. The number of likely N-dealkylation sites (tertiary alicyclic amines) is 1. The second-order valence-electron chi connectivity index (χ2n) is 9.25. The molecule has 0 radical (unpaired) electrons. The molecule has 1 saturated carbocycles. The van der Waals surface area contributed by atoms with E-state index in [1.165, 1.54) is 4.90 Å². The maximum atomic E-state index is 12.6. The van der Waals surface area contributed by atoms with Crippen molar-refractivity contribution in [1.82, 2.24) is 15.1 Å². The fourth-order valence-corrected chi connectivity index (χ4v) is 4.10. The highest BCUT2D eigenvalue weighted by atomic mass is 16.6. The van der Waals surface area contributed by atoms with Crippen LogP contribution in [-0.2, 0) is 9.53 Å². The van der Waals surface area contributed by atoms with Gasteiger partial charge in [-0.2, -0.15) is 5.26 Å². The van der Waals surface area contributed by atoms with Crippen LogP contribution in [0.5, 0.6) is 0 Å². The first-order valence-corrected chi connectivity index (χ1v) is 10.6. The Kier molecular flexibility index (Phi) is 7.50. The van der Waals surface area contributed by atoms with E-state index in [1.54, 1.807) is 4.90 Å². The highest BCUT2D eigenvalue weighted by Gasteiger charge is 2.49. The molecule has 0 unspecified atom stereocenters. The molecule has 4 amide bonds. The third-order valence-corrected chi connectivity index (χ3v) is 5.61. The summed E-state index contributed by atoms with van der Waals surface area (Å²) < 4.78 is 5.42. The summed E-state index contributed by atoms with van der Waals surface area (Å²) in [6.45, 7) is 9.42. The van der Waals surface area contributed by atoms with Crippen molar-refractivity contribution < 1.29 is 19.1 Å².